The largest absolute Gasteiger partial charge is 0.473 e. The van der Waals surface area contributed by atoms with Crippen molar-refractivity contribution in [3.05, 3.63) is 0 Å². The normalized spacial score (nSPS) is 12.8. The topological polar surface area (TPSA) is 153 Å². The van der Waals surface area contributed by atoms with Crippen molar-refractivity contribution >= 4 is 23.8 Å². The molecule has 0 aliphatic carbocycles. The lowest BCUT2D eigenvalue weighted by molar-refractivity contribution is -0.159. The summed E-state index contributed by atoms with van der Waals surface area (Å²) in [4.78, 5) is 45.3. The molecule has 10 heteroatoms. The van der Waals surface area contributed by atoms with Gasteiger partial charge in [0.1, 0.15) is 0 Å². The zero-order valence-electron chi connectivity index (χ0n) is 15.6. The second-order valence-corrected chi connectivity index (χ2v) is 5.84. The number of nitrogens with one attached hydrogen (secondary N) is 1. The van der Waals surface area contributed by atoms with Crippen molar-refractivity contribution in [2.45, 2.75) is 25.7 Å². The van der Waals surface area contributed by atoms with Crippen LogP contribution < -0.4 is 11.1 Å². The van der Waals surface area contributed by atoms with Gasteiger partial charge in [-0.05, 0) is 25.9 Å². The van der Waals surface area contributed by atoms with Gasteiger partial charge >= 0.3 is 11.9 Å². The zero-order chi connectivity index (χ0) is 20.7. The number of carboxylic acid groups (broad SMARTS) is 2. The van der Waals surface area contributed by atoms with Gasteiger partial charge in [-0.3, -0.25) is 14.5 Å². The summed E-state index contributed by atoms with van der Waals surface area (Å²) in [5.41, 5.74) is 5.29. The predicted octanol–water partition coefficient (Wildman–Crippen LogP) is -1.45. The first-order chi connectivity index (χ1) is 12.8. The molecule has 0 spiro atoms. The first kappa shape index (κ1) is 24.4. The van der Waals surface area contributed by atoms with Crippen LogP contribution in [0.2, 0.25) is 0 Å². The van der Waals surface area contributed by atoms with E-state index in [-0.39, 0.29) is 24.7 Å². The fourth-order valence-electron chi connectivity index (χ4n) is 2.08. The Morgan fingerprint density at radius 2 is 1.67 bits per heavy atom. The Kier molecular flexibility index (Phi) is 13.1. The van der Waals surface area contributed by atoms with Gasteiger partial charge in [-0.25, -0.2) is 9.59 Å². The summed E-state index contributed by atoms with van der Waals surface area (Å²) in [5, 5.41) is 17.4. The molecule has 1 heterocycles. The van der Waals surface area contributed by atoms with Crippen molar-refractivity contribution in [2.24, 2.45) is 5.73 Å². The number of carbonyl (C=O) groups excluding carboxylic acids is 2. The van der Waals surface area contributed by atoms with E-state index in [0.717, 1.165) is 19.6 Å². The number of nitrogens with two attached hydrogens (primary N) is 1. The third kappa shape index (κ3) is 13.3. The number of rotatable bonds is 7. The van der Waals surface area contributed by atoms with Crippen LogP contribution in [0.15, 0.2) is 0 Å². The van der Waals surface area contributed by atoms with Crippen LogP contribution in [0.25, 0.3) is 0 Å². The van der Waals surface area contributed by atoms with Gasteiger partial charge in [0.15, 0.2) is 0 Å². The molecular formula is C17H28N4O6. The SMILES string of the molecule is CN(CC#CCN1CCCC1)C(=O)CCC(=O)NCCN.O=C(O)C(=O)O. The van der Waals surface area contributed by atoms with Crippen LogP contribution in [0.4, 0.5) is 0 Å². The van der Waals surface area contributed by atoms with E-state index >= 15 is 0 Å². The van der Waals surface area contributed by atoms with E-state index in [1.54, 1.807) is 11.9 Å². The monoisotopic (exact) mass is 384 g/mol. The highest BCUT2D eigenvalue weighted by atomic mass is 16.4. The van der Waals surface area contributed by atoms with Crippen LogP contribution in [-0.4, -0.2) is 90.1 Å². The second-order valence-electron chi connectivity index (χ2n) is 5.84. The molecule has 0 aromatic rings. The van der Waals surface area contributed by atoms with Crippen molar-refractivity contribution in [1.29, 1.82) is 0 Å². The molecule has 27 heavy (non-hydrogen) atoms. The molecule has 0 saturated carbocycles. The van der Waals surface area contributed by atoms with Crippen molar-refractivity contribution < 1.29 is 29.4 Å². The highest BCUT2D eigenvalue weighted by Crippen LogP contribution is 2.05. The molecule has 1 aliphatic heterocycles. The number of nitrogens with zero attached hydrogens (tertiary/aromatic N) is 2. The maximum atomic E-state index is 11.8. The fraction of sp³-hybridized carbons (Fsp3) is 0.647. The molecule has 1 saturated heterocycles. The summed E-state index contributed by atoms with van der Waals surface area (Å²) in [6.45, 7) is 4.31. The number of carbonyl (C=O) groups is 4. The lowest BCUT2D eigenvalue weighted by Crippen LogP contribution is -2.32. The summed E-state index contributed by atoms with van der Waals surface area (Å²) < 4.78 is 0. The minimum Gasteiger partial charge on any atom is -0.473 e. The summed E-state index contributed by atoms with van der Waals surface area (Å²) in [6.07, 6.45) is 2.92. The highest BCUT2D eigenvalue weighted by molar-refractivity contribution is 6.27. The molecule has 5 N–H and O–H groups in total. The Balaban J connectivity index is 0.000000972. The highest BCUT2D eigenvalue weighted by Gasteiger charge is 2.11. The zero-order valence-corrected chi connectivity index (χ0v) is 15.6. The van der Waals surface area contributed by atoms with E-state index in [1.165, 1.54) is 12.8 Å². The van der Waals surface area contributed by atoms with Gasteiger partial charge in [0, 0.05) is 33.0 Å². The number of aliphatic carboxylic acids is 2. The number of likely N-dealkylation sites (tertiary alicyclic amines) is 1. The maximum absolute atomic E-state index is 11.8. The first-order valence-corrected chi connectivity index (χ1v) is 8.63. The summed E-state index contributed by atoms with van der Waals surface area (Å²) in [7, 11) is 1.71. The van der Waals surface area contributed by atoms with Gasteiger partial charge < -0.3 is 26.2 Å². The Hall–Kier alpha value is -2.64. The molecule has 0 bridgehead atoms. The molecule has 0 aromatic heterocycles. The Morgan fingerprint density at radius 1 is 1.07 bits per heavy atom. The van der Waals surface area contributed by atoms with E-state index in [2.05, 4.69) is 22.1 Å². The molecule has 0 radical (unpaired) electrons. The van der Waals surface area contributed by atoms with E-state index in [0.29, 0.717) is 19.6 Å². The number of amides is 2. The lowest BCUT2D eigenvalue weighted by Gasteiger charge is -2.14. The number of carboxylic acids is 2. The molecule has 1 aliphatic rings. The number of hydrogen-bond donors (Lipinski definition) is 4. The Morgan fingerprint density at radius 3 is 2.19 bits per heavy atom. The molecule has 2 amide bonds. The number of hydrogen-bond acceptors (Lipinski definition) is 6. The molecular weight excluding hydrogens is 356 g/mol. The van der Waals surface area contributed by atoms with Gasteiger partial charge in [-0.2, -0.15) is 0 Å². The predicted molar refractivity (Wildman–Crippen MR) is 97.7 cm³/mol. The minimum atomic E-state index is -1.82. The molecule has 152 valence electrons. The van der Waals surface area contributed by atoms with Gasteiger partial charge in [0.2, 0.25) is 11.8 Å². The molecule has 1 rings (SSSR count). The standard InChI is InChI=1S/C15H26N4O2.C2H2O4/c1-18(10-2-3-11-19-12-4-5-13-19)15(21)7-6-14(20)17-9-8-16;3-1(4)2(5)6/h4-13,16H2,1H3,(H,17,20);(H,3,4)(H,5,6). The third-order valence-electron chi connectivity index (χ3n) is 3.58. The molecule has 0 atom stereocenters. The van der Waals surface area contributed by atoms with Gasteiger partial charge in [-0.15, -0.1) is 0 Å². The molecule has 0 unspecified atom stereocenters. The smallest absolute Gasteiger partial charge is 0.414 e. The van der Waals surface area contributed by atoms with Crippen LogP contribution in [0.5, 0.6) is 0 Å². The first-order valence-electron chi connectivity index (χ1n) is 8.63. The van der Waals surface area contributed by atoms with E-state index in [4.69, 9.17) is 25.5 Å². The summed E-state index contributed by atoms with van der Waals surface area (Å²) in [6, 6.07) is 0. The maximum Gasteiger partial charge on any atom is 0.414 e. The van der Waals surface area contributed by atoms with Gasteiger partial charge in [0.05, 0.1) is 13.1 Å². The van der Waals surface area contributed by atoms with E-state index in [9.17, 15) is 9.59 Å². The van der Waals surface area contributed by atoms with Crippen LogP contribution in [0.3, 0.4) is 0 Å². The molecule has 10 nitrogen and oxygen atoms in total. The van der Waals surface area contributed by atoms with Crippen molar-refractivity contribution in [1.82, 2.24) is 15.1 Å². The Labute approximate surface area is 158 Å². The fourth-order valence-corrected chi connectivity index (χ4v) is 2.08. The molecule has 0 aromatic carbocycles. The lowest BCUT2D eigenvalue weighted by atomic mass is 10.2. The molecule has 1 fully saturated rings. The quantitative estimate of drug-likeness (QED) is 0.307. The van der Waals surface area contributed by atoms with Crippen LogP contribution in [-0.2, 0) is 19.2 Å². The van der Waals surface area contributed by atoms with Crippen molar-refractivity contribution in [3.8, 4) is 11.8 Å². The summed E-state index contributed by atoms with van der Waals surface area (Å²) in [5.74, 6) is 2.26. The van der Waals surface area contributed by atoms with E-state index in [1.807, 2.05) is 0 Å². The second kappa shape index (κ2) is 14.5. The average molecular weight is 384 g/mol. The van der Waals surface area contributed by atoms with E-state index < -0.39 is 11.9 Å². The minimum absolute atomic E-state index is 0.0617. The summed E-state index contributed by atoms with van der Waals surface area (Å²) >= 11 is 0. The third-order valence-corrected chi connectivity index (χ3v) is 3.58. The van der Waals surface area contributed by atoms with Crippen LogP contribution in [0.1, 0.15) is 25.7 Å². The van der Waals surface area contributed by atoms with Crippen LogP contribution in [0, 0.1) is 11.8 Å². The average Bonchev–Trinajstić information content (AvgIpc) is 3.15. The van der Waals surface area contributed by atoms with Crippen molar-refractivity contribution in [2.75, 3.05) is 46.3 Å². The van der Waals surface area contributed by atoms with Crippen LogP contribution >= 0.6 is 0 Å². The Bertz CT molecular complexity index is 552. The van der Waals surface area contributed by atoms with Crippen molar-refractivity contribution in [3.63, 3.8) is 0 Å². The van der Waals surface area contributed by atoms with Gasteiger partial charge in [0.25, 0.3) is 0 Å². The van der Waals surface area contributed by atoms with Gasteiger partial charge in [-0.1, -0.05) is 11.8 Å².